The van der Waals surface area contributed by atoms with Gasteiger partial charge in [0.25, 0.3) is 0 Å². The third-order valence-corrected chi connectivity index (χ3v) is 4.93. The molecule has 1 aliphatic heterocycles. The van der Waals surface area contributed by atoms with Crippen molar-refractivity contribution in [3.8, 4) is 34.2 Å². The standard InChI is InChI=1S/C21H23N3O3/c1-13-7-5-6-8-16(13)24-21-15(9-10-22-21)19(23-24)14-11-17(25-2)20(27-4)18(12-14)26-3/h5-8,11-12,22H,9-10H2,1-4H3. The number of fused-ring (bicyclic) bond motifs is 1. The average molecular weight is 365 g/mol. The van der Waals surface area contributed by atoms with Gasteiger partial charge < -0.3 is 19.5 Å². The lowest BCUT2D eigenvalue weighted by Gasteiger charge is -2.13. The van der Waals surface area contributed by atoms with Crippen LogP contribution < -0.4 is 19.5 Å². The van der Waals surface area contributed by atoms with Crippen molar-refractivity contribution in [2.24, 2.45) is 0 Å². The van der Waals surface area contributed by atoms with Crippen LogP contribution in [0.1, 0.15) is 11.1 Å². The van der Waals surface area contributed by atoms with Gasteiger partial charge in [-0.3, -0.25) is 0 Å². The maximum absolute atomic E-state index is 5.52. The summed E-state index contributed by atoms with van der Waals surface area (Å²) in [5.74, 6) is 2.87. The first kappa shape index (κ1) is 17.3. The van der Waals surface area contributed by atoms with E-state index in [1.165, 1.54) is 11.1 Å². The van der Waals surface area contributed by atoms with E-state index in [-0.39, 0.29) is 0 Å². The number of ether oxygens (including phenoxy) is 3. The van der Waals surface area contributed by atoms with Gasteiger partial charge in [-0.25, -0.2) is 4.68 Å². The van der Waals surface area contributed by atoms with Gasteiger partial charge in [0, 0.05) is 17.7 Å². The van der Waals surface area contributed by atoms with Crippen LogP contribution in [-0.4, -0.2) is 37.7 Å². The molecule has 6 heteroatoms. The molecular weight excluding hydrogens is 342 g/mol. The molecule has 1 N–H and O–H groups in total. The van der Waals surface area contributed by atoms with E-state index < -0.39 is 0 Å². The topological polar surface area (TPSA) is 57.5 Å². The SMILES string of the molecule is COc1cc(-c2nn(-c3ccccc3C)c3c2CCN3)cc(OC)c1OC. The predicted octanol–water partition coefficient (Wildman–Crippen LogP) is 3.84. The summed E-state index contributed by atoms with van der Waals surface area (Å²) in [6.07, 6.45) is 0.924. The highest BCUT2D eigenvalue weighted by molar-refractivity contribution is 5.76. The molecule has 0 amide bonds. The Balaban J connectivity index is 1.91. The quantitative estimate of drug-likeness (QED) is 0.744. The Morgan fingerprint density at radius 1 is 1.00 bits per heavy atom. The highest BCUT2D eigenvalue weighted by atomic mass is 16.5. The van der Waals surface area contributed by atoms with E-state index in [1.807, 2.05) is 28.9 Å². The van der Waals surface area contributed by atoms with Crippen molar-refractivity contribution in [3.05, 3.63) is 47.5 Å². The smallest absolute Gasteiger partial charge is 0.203 e. The van der Waals surface area contributed by atoms with E-state index in [9.17, 15) is 0 Å². The fourth-order valence-electron chi connectivity index (χ4n) is 3.60. The molecule has 1 aromatic heterocycles. The van der Waals surface area contributed by atoms with E-state index in [0.29, 0.717) is 17.2 Å². The largest absolute Gasteiger partial charge is 0.493 e. The summed E-state index contributed by atoms with van der Waals surface area (Å²) < 4.78 is 18.5. The first-order valence-corrected chi connectivity index (χ1v) is 8.90. The van der Waals surface area contributed by atoms with Crippen LogP contribution in [-0.2, 0) is 6.42 Å². The Hall–Kier alpha value is -3.15. The molecule has 27 heavy (non-hydrogen) atoms. The maximum atomic E-state index is 5.52. The Bertz CT molecular complexity index is 969. The molecule has 0 saturated heterocycles. The number of nitrogens with one attached hydrogen (secondary N) is 1. The second-order valence-corrected chi connectivity index (χ2v) is 6.46. The maximum Gasteiger partial charge on any atom is 0.203 e. The Kier molecular flexibility index (Phi) is 4.39. The van der Waals surface area contributed by atoms with E-state index in [1.54, 1.807) is 21.3 Å². The van der Waals surface area contributed by atoms with Crippen molar-refractivity contribution in [2.75, 3.05) is 33.2 Å². The molecule has 0 saturated carbocycles. The summed E-state index contributed by atoms with van der Waals surface area (Å²) in [4.78, 5) is 0. The number of para-hydroxylation sites is 1. The fraction of sp³-hybridized carbons (Fsp3) is 0.286. The fourth-order valence-corrected chi connectivity index (χ4v) is 3.60. The molecule has 2 heterocycles. The van der Waals surface area contributed by atoms with Crippen LogP contribution in [0.4, 0.5) is 5.82 Å². The number of rotatable bonds is 5. The van der Waals surface area contributed by atoms with Crippen molar-refractivity contribution in [2.45, 2.75) is 13.3 Å². The molecule has 0 atom stereocenters. The average Bonchev–Trinajstić information content (AvgIpc) is 3.30. The zero-order valence-electron chi connectivity index (χ0n) is 16.0. The van der Waals surface area contributed by atoms with Crippen LogP contribution in [0.15, 0.2) is 36.4 Å². The molecule has 0 unspecified atom stereocenters. The number of benzene rings is 2. The predicted molar refractivity (Wildman–Crippen MR) is 106 cm³/mol. The van der Waals surface area contributed by atoms with E-state index in [4.69, 9.17) is 19.3 Å². The number of aryl methyl sites for hydroxylation is 1. The molecular formula is C21H23N3O3. The second kappa shape index (κ2) is 6.87. The molecule has 3 aromatic rings. The molecule has 1 aliphatic rings. The van der Waals surface area contributed by atoms with Gasteiger partial charge in [-0.05, 0) is 37.1 Å². The third kappa shape index (κ3) is 2.77. The normalized spacial score (nSPS) is 12.4. The van der Waals surface area contributed by atoms with Gasteiger partial charge in [-0.2, -0.15) is 5.10 Å². The molecule has 0 aliphatic carbocycles. The van der Waals surface area contributed by atoms with Crippen molar-refractivity contribution < 1.29 is 14.2 Å². The van der Waals surface area contributed by atoms with Gasteiger partial charge in [-0.15, -0.1) is 0 Å². The molecule has 0 fully saturated rings. The first-order valence-electron chi connectivity index (χ1n) is 8.90. The molecule has 0 radical (unpaired) electrons. The van der Waals surface area contributed by atoms with Crippen LogP contribution in [0, 0.1) is 6.92 Å². The number of anilines is 1. The number of nitrogens with zero attached hydrogens (tertiary/aromatic N) is 2. The van der Waals surface area contributed by atoms with Gasteiger partial charge in [0.05, 0.1) is 32.7 Å². The second-order valence-electron chi connectivity index (χ2n) is 6.46. The molecule has 4 rings (SSSR count). The minimum atomic E-state index is 0.580. The first-order chi connectivity index (χ1) is 13.2. The molecule has 0 bridgehead atoms. The summed E-state index contributed by atoms with van der Waals surface area (Å²) in [7, 11) is 4.85. The van der Waals surface area contributed by atoms with Gasteiger partial charge in [-0.1, -0.05) is 18.2 Å². The summed E-state index contributed by atoms with van der Waals surface area (Å²) in [6.45, 7) is 2.99. The highest BCUT2D eigenvalue weighted by Gasteiger charge is 2.26. The Labute approximate surface area is 158 Å². The molecule has 140 valence electrons. The Morgan fingerprint density at radius 3 is 2.33 bits per heavy atom. The lowest BCUT2D eigenvalue weighted by atomic mass is 10.1. The number of methoxy groups -OCH3 is 3. The number of hydrogen-bond donors (Lipinski definition) is 1. The van der Waals surface area contributed by atoms with Crippen LogP contribution >= 0.6 is 0 Å². The lowest BCUT2D eigenvalue weighted by Crippen LogP contribution is -2.05. The van der Waals surface area contributed by atoms with Crippen molar-refractivity contribution in [1.29, 1.82) is 0 Å². The van der Waals surface area contributed by atoms with Crippen LogP contribution in [0.25, 0.3) is 16.9 Å². The van der Waals surface area contributed by atoms with E-state index in [2.05, 4.69) is 24.4 Å². The van der Waals surface area contributed by atoms with Gasteiger partial charge in [0.15, 0.2) is 11.5 Å². The monoisotopic (exact) mass is 365 g/mol. The minimum absolute atomic E-state index is 0.580. The van der Waals surface area contributed by atoms with Crippen LogP contribution in [0.2, 0.25) is 0 Å². The molecule has 0 spiro atoms. The van der Waals surface area contributed by atoms with Crippen molar-refractivity contribution in [1.82, 2.24) is 9.78 Å². The van der Waals surface area contributed by atoms with Gasteiger partial charge in [0.2, 0.25) is 5.75 Å². The van der Waals surface area contributed by atoms with E-state index in [0.717, 1.165) is 35.7 Å². The van der Waals surface area contributed by atoms with Gasteiger partial charge in [0.1, 0.15) is 5.82 Å². The van der Waals surface area contributed by atoms with Crippen LogP contribution in [0.5, 0.6) is 17.2 Å². The zero-order valence-corrected chi connectivity index (χ0v) is 16.0. The Morgan fingerprint density at radius 2 is 1.70 bits per heavy atom. The van der Waals surface area contributed by atoms with Crippen molar-refractivity contribution in [3.63, 3.8) is 0 Å². The van der Waals surface area contributed by atoms with Crippen molar-refractivity contribution >= 4 is 5.82 Å². The summed E-state index contributed by atoms with van der Waals surface area (Å²) in [5.41, 5.74) is 5.32. The summed E-state index contributed by atoms with van der Waals surface area (Å²) in [5, 5.41) is 8.42. The van der Waals surface area contributed by atoms with Crippen LogP contribution in [0.3, 0.4) is 0 Å². The molecule has 6 nitrogen and oxygen atoms in total. The van der Waals surface area contributed by atoms with E-state index >= 15 is 0 Å². The van der Waals surface area contributed by atoms with Gasteiger partial charge >= 0.3 is 0 Å². The summed E-state index contributed by atoms with van der Waals surface area (Å²) in [6, 6.07) is 12.1. The summed E-state index contributed by atoms with van der Waals surface area (Å²) >= 11 is 0. The molecule has 2 aromatic carbocycles. The highest BCUT2D eigenvalue weighted by Crippen LogP contribution is 2.43. The zero-order chi connectivity index (χ0) is 19.0. The lowest BCUT2D eigenvalue weighted by molar-refractivity contribution is 0.324. The number of aromatic nitrogens is 2. The minimum Gasteiger partial charge on any atom is -0.493 e. The number of hydrogen-bond acceptors (Lipinski definition) is 5. The third-order valence-electron chi connectivity index (χ3n) is 4.93.